The fraction of sp³-hybridized carbons (Fsp3) is 0.364. The minimum atomic E-state index is -0.267. The molecule has 0 aromatic heterocycles. The average Bonchev–Trinajstić information content (AvgIpc) is 2.67. The molecule has 0 saturated carbocycles. The molecule has 0 radical (unpaired) electrons. The van der Waals surface area contributed by atoms with Crippen molar-refractivity contribution in [3.63, 3.8) is 0 Å². The van der Waals surface area contributed by atoms with Crippen LogP contribution < -0.4 is 5.32 Å². The molecule has 0 aliphatic rings. The molecule has 0 bridgehead atoms. The highest BCUT2D eigenvalue weighted by Gasteiger charge is 2.12. The molecule has 0 saturated heterocycles. The van der Waals surface area contributed by atoms with Gasteiger partial charge in [-0.2, -0.15) is 0 Å². The number of aryl methyl sites for hydroxylation is 1. The van der Waals surface area contributed by atoms with Crippen LogP contribution in [0.5, 0.6) is 0 Å². The number of nitrogens with zero attached hydrogens (tertiary/aromatic N) is 1. The highest BCUT2D eigenvalue weighted by Crippen LogP contribution is 2.08. The van der Waals surface area contributed by atoms with Crippen molar-refractivity contribution in [2.75, 3.05) is 19.6 Å². The van der Waals surface area contributed by atoms with Gasteiger partial charge in [-0.1, -0.05) is 48.5 Å². The summed E-state index contributed by atoms with van der Waals surface area (Å²) in [6, 6.07) is 16.7. The van der Waals surface area contributed by atoms with Crippen molar-refractivity contribution in [3.8, 4) is 0 Å². The van der Waals surface area contributed by atoms with Crippen molar-refractivity contribution >= 4 is 11.8 Å². The van der Waals surface area contributed by atoms with Crippen LogP contribution in [-0.2, 0) is 22.4 Å². The van der Waals surface area contributed by atoms with Crippen LogP contribution in [0.3, 0.4) is 0 Å². The van der Waals surface area contributed by atoms with Gasteiger partial charge >= 0.3 is 0 Å². The zero-order valence-corrected chi connectivity index (χ0v) is 15.8. The second kappa shape index (κ2) is 11.1. The van der Waals surface area contributed by atoms with Crippen LogP contribution in [0.15, 0.2) is 54.6 Å². The maximum atomic E-state index is 13.7. The van der Waals surface area contributed by atoms with E-state index in [1.807, 2.05) is 18.2 Å². The fourth-order valence-corrected chi connectivity index (χ4v) is 2.87. The van der Waals surface area contributed by atoms with Crippen molar-refractivity contribution in [3.05, 3.63) is 71.5 Å². The molecule has 0 heterocycles. The maximum absolute atomic E-state index is 13.7. The Morgan fingerprint density at radius 1 is 0.963 bits per heavy atom. The van der Waals surface area contributed by atoms with E-state index < -0.39 is 0 Å². The minimum Gasteiger partial charge on any atom is -0.356 e. The van der Waals surface area contributed by atoms with E-state index in [9.17, 15) is 14.0 Å². The summed E-state index contributed by atoms with van der Waals surface area (Å²) in [5.74, 6) is -0.444. The Balaban J connectivity index is 1.67. The predicted molar refractivity (Wildman–Crippen MR) is 105 cm³/mol. The highest BCUT2D eigenvalue weighted by atomic mass is 19.1. The molecular weight excluding hydrogens is 343 g/mol. The van der Waals surface area contributed by atoms with E-state index in [1.165, 1.54) is 18.6 Å². The Morgan fingerprint density at radius 3 is 2.37 bits per heavy atom. The summed E-state index contributed by atoms with van der Waals surface area (Å²) in [6.07, 6.45) is 2.48. The SMILES string of the molecule is CC(=O)N(CCC(=O)NCCCc1ccccc1)CCc1ccccc1F. The number of halogens is 1. The third kappa shape index (κ3) is 7.60. The monoisotopic (exact) mass is 370 g/mol. The van der Waals surface area contributed by atoms with Gasteiger partial charge in [-0.25, -0.2) is 4.39 Å². The molecule has 0 atom stereocenters. The quantitative estimate of drug-likeness (QED) is 0.652. The fourth-order valence-electron chi connectivity index (χ4n) is 2.87. The number of hydrogen-bond acceptors (Lipinski definition) is 2. The molecule has 27 heavy (non-hydrogen) atoms. The lowest BCUT2D eigenvalue weighted by Crippen LogP contribution is -2.35. The van der Waals surface area contributed by atoms with Gasteiger partial charge in [-0.3, -0.25) is 9.59 Å². The Kier molecular flexibility index (Phi) is 8.49. The van der Waals surface area contributed by atoms with Crippen LogP contribution in [0.1, 0.15) is 30.9 Å². The Bertz CT molecular complexity index is 734. The van der Waals surface area contributed by atoms with Crippen molar-refractivity contribution in [2.45, 2.75) is 32.6 Å². The lowest BCUT2D eigenvalue weighted by Gasteiger charge is -2.21. The summed E-state index contributed by atoms with van der Waals surface area (Å²) < 4.78 is 13.7. The molecule has 0 fully saturated rings. The van der Waals surface area contributed by atoms with Gasteiger partial charge in [-0.15, -0.1) is 0 Å². The smallest absolute Gasteiger partial charge is 0.221 e. The standard InChI is InChI=1S/C22H27FN2O2/c1-18(26)25(16-13-20-11-5-6-12-21(20)23)17-14-22(27)24-15-7-10-19-8-3-2-4-9-19/h2-6,8-9,11-12H,7,10,13-17H2,1H3,(H,24,27). The van der Waals surface area contributed by atoms with Gasteiger partial charge in [-0.05, 0) is 36.5 Å². The topological polar surface area (TPSA) is 49.4 Å². The molecule has 144 valence electrons. The third-order valence-electron chi connectivity index (χ3n) is 4.47. The van der Waals surface area contributed by atoms with Crippen LogP contribution in [0, 0.1) is 5.82 Å². The molecule has 2 aromatic rings. The number of benzene rings is 2. The normalized spacial score (nSPS) is 10.4. The van der Waals surface area contributed by atoms with Gasteiger partial charge in [0.25, 0.3) is 0 Å². The van der Waals surface area contributed by atoms with Crippen LogP contribution >= 0.6 is 0 Å². The summed E-state index contributed by atoms with van der Waals surface area (Å²) in [6.45, 7) is 2.83. The van der Waals surface area contributed by atoms with E-state index in [1.54, 1.807) is 23.1 Å². The first-order valence-electron chi connectivity index (χ1n) is 9.36. The van der Waals surface area contributed by atoms with Gasteiger partial charge in [0.15, 0.2) is 0 Å². The Hall–Kier alpha value is -2.69. The first-order valence-corrected chi connectivity index (χ1v) is 9.36. The van der Waals surface area contributed by atoms with Gasteiger partial charge in [0.1, 0.15) is 5.82 Å². The van der Waals surface area contributed by atoms with E-state index in [0.717, 1.165) is 12.8 Å². The lowest BCUT2D eigenvalue weighted by atomic mass is 10.1. The third-order valence-corrected chi connectivity index (χ3v) is 4.47. The summed E-state index contributed by atoms with van der Waals surface area (Å²) in [4.78, 5) is 25.4. The summed E-state index contributed by atoms with van der Waals surface area (Å²) in [5.41, 5.74) is 1.83. The Labute approximate surface area is 160 Å². The largest absolute Gasteiger partial charge is 0.356 e. The molecule has 2 amide bonds. The lowest BCUT2D eigenvalue weighted by molar-refractivity contribution is -0.129. The molecule has 5 heteroatoms. The molecular formula is C22H27FN2O2. The molecule has 0 aliphatic carbocycles. The van der Waals surface area contributed by atoms with Crippen LogP contribution in [-0.4, -0.2) is 36.3 Å². The minimum absolute atomic E-state index is 0.0693. The van der Waals surface area contributed by atoms with Gasteiger partial charge < -0.3 is 10.2 Å². The molecule has 1 N–H and O–H groups in total. The van der Waals surface area contributed by atoms with Gasteiger partial charge in [0.05, 0.1) is 0 Å². The molecule has 4 nitrogen and oxygen atoms in total. The molecule has 0 aliphatic heterocycles. The van der Waals surface area contributed by atoms with Crippen LogP contribution in [0.25, 0.3) is 0 Å². The van der Waals surface area contributed by atoms with E-state index in [0.29, 0.717) is 31.6 Å². The first kappa shape index (κ1) is 20.6. The zero-order valence-electron chi connectivity index (χ0n) is 15.8. The summed E-state index contributed by atoms with van der Waals surface area (Å²) in [7, 11) is 0. The van der Waals surface area contributed by atoms with Crippen molar-refractivity contribution in [1.29, 1.82) is 0 Å². The average molecular weight is 370 g/mol. The molecule has 2 aromatic carbocycles. The van der Waals surface area contributed by atoms with Crippen LogP contribution in [0.4, 0.5) is 4.39 Å². The first-order chi connectivity index (χ1) is 13.1. The van der Waals surface area contributed by atoms with E-state index >= 15 is 0 Å². The van der Waals surface area contributed by atoms with E-state index in [2.05, 4.69) is 17.4 Å². The predicted octanol–water partition coefficient (Wildman–Crippen LogP) is 3.36. The highest BCUT2D eigenvalue weighted by molar-refractivity contribution is 5.78. The van der Waals surface area contributed by atoms with Crippen molar-refractivity contribution in [2.24, 2.45) is 0 Å². The number of hydrogen-bond donors (Lipinski definition) is 1. The molecule has 0 spiro atoms. The number of nitrogens with one attached hydrogen (secondary N) is 1. The van der Waals surface area contributed by atoms with E-state index in [-0.39, 0.29) is 24.1 Å². The summed E-state index contributed by atoms with van der Waals surface area (Å²) >= 11 is 0. The molecule has 2 rings (SSSR count). The maximum Gasteiger partial charge on any atom is 0.221 e. The van der Waals surface area contributed by atoms with Crippen molar-refractivity contribution < 1.29 is 14.0 Å². The number of rotatable bonds is 10. The van der Waals surface area contributed by atoms with Crippen molar-refractivity contribution in [1.82, 2.24) is 10.2 Å². The molecule has 0 unspecified atom stereocenters. The van der Waals surface area contributed by atoms with Gasteiger partial charge in [0.2, 0.25) is 11.8 Å². The van der Waals surface area contributed by atoms with Crippen LogP contribution in [0.2, 0.25) is 0 Å². The van der Waals surface area contributed by atoms with Gasteiger partial charge in [0, 0.05) is 33.0 Å². The zero-order chi connectivity index (χ0) is 19.5. The number of carbonyl (C=O) groups is 2. The van der Waals surface area contributed by atoms with E-state index in [4.69, 9.17) is 0 Å². The summed E-state index contributed by atoms with van der Waals surface area (Å²) in [5, 5.41) is 2.89. The second-order valence-corrected chi connectivity index (χ2v) is 6.54. The Morgan fingerprint density at radius 2 is 1.67 bits per heavy atom. The second-order valence-electron chi connectivity index (χ2n) is 6.54. The number of amides is 2. The number of carbonyl (C=O) groups excluding carboxylic acids is 2.